The van der Waals surface area contributed by atoms with Crippen molar-refractivity contribution in [1.29, 1.82) is 0 Å². The summed E-state index contributed by atoms with van der Waals surface area (Å²) in [5.74, 6) is -3.11. The minimum atomic E-state index is -5.01. The lowest BCUT2D eigenvalue weighted by atomic mass is 10.0. The van der Waals surface area contributed by atoms with Crippen molar-refractivity contribution in [1.82, 2.24) is 24.7 Å². The molecule has 0 aliphatic rings. The average molecular weight is 494 g/mol. The third-order valence-corrected chi connectivity index (χ3v) is 4.86. The molecule has 14 heteroatoms. The second-order valence-corrected chi connectivity index (χ2v) is 7.05. The summed E-state index contributed by atoms with van der Waals surface area (Å²) in [4.78, 5) is 23.2. The molecular weight excluding hydrogens is 482 g/mol. The van der Waals surface area contributed by atoms with E-state index < -0.39 is 34.9 Å². The van der Waals surface area contributed by atoms with Gasteiger partial charge < -0.3 is 16.2 Å². The number of nitrogens with two attached hydrogens (primary N) is 2. The first-order valence-electron chi connectivity index (χ1n) is 9.22. The Balaban J connectivity index is 1.84. The third kappa shape index (κ3) is 4.20. The van der Waals surface area contributed by atoms with E-state index in [1.807, 2.05) is 0 Å². The molecule has 3 heterocycles. The molecule has 1 aromatic carbocycles. The van der Waals surface area contributed by atoms with E-state index in [1.165, 1.54) is 30.6 Å². The molecule has 0 aliphatic carbocycles. The van der Waals surface area contributed by atoms with Crippen LogP contribution in [-0.2, 0) is 6.18 Å². The van der Waals surface area contributed by atoms with Crippen LogP contribution in [0.15, 0.2) is 49.1 Å². The normalized spacial score (nSPS) is 11.4. The van der Waals surface area contributed by atoms with Gasteiger partial charge in [0.25, 0.3) is 5.91 Å². The van der Waals surface area contributed by atoms with Crippen LogP contribution in [0.5, 0.6) is 11.6 Å². The second kappa shape index (κ2) is 8.59. The molecule has 4 N–H and O–H groups in total. The van der Waals surface area contributed by atoms with Crippen molar-refractivity contribution in [2.24, 2.45) is 5.73 Å². The van der Waals surface area contributed by atoms with Gasteiger partial charge in [0.05, 0.1) is 11.3 Å². The molecule has 34 heavy (non-hydrogen) atoms. The van der Waals surface area contributed by atoms with Crippen molar-refractivity contribution in [3.8, 4) is 28.6 Å². The number of alkyl halides is 3. The van der Waals surface area contributed by atoms with Gasteiger partial charge in [-0.15, -0.1) is 0 Å². The predicted molar refractivity (Wildman–Crippen MR) is 112 cm³/mol. The summed E-state index contributed by atoms with van der Waals surface area (Å²) < 4.78 is 62.4. The number of halogens is 5. The van der Waals surface area contributed by atoms with E-state index in [2.05, 4.69) is 20.1 Å². The van der Waals surface area contributed by atoms with E-state index in [-0.39, 0.29) is 33.7 Å². The highest BCUT2D eigenvalue weighted by molar-refractivity contribution is 6.34. The maximum atomic E-state index is 14.8. The van der Waals surface area contributed by atoms with E-state index in [9.17, 15) is 22.4 Å². The van der Waals surface area contributed by atoms with Gasteiger partial charge in [-0.05, 0) is 30.3 Å². The van der Waals surface area contributed by atoms with Crippen molar-refractivity contribution in [3.05, 3.63) is 71.2 Å². The van der Waals surface area contributed by atoms with Gasteiger partial charge in [0.2, 0.25) is 5.88 Å². The molecule has 0 saturated heterocycles. The van der Waals surface area contributed by atoms with Crippen molar-refractivity contribution in [2.45, 2.75) is 6.18 Å². The van der Waals surface area contributed by atoms with Crippen LogP contribution in [0.2, 0.25) is 5.02 Å². The number of hydrogen-bond acceptors (Lipinski definition) is 7. The van der Waals surface area contributed by atoms with E-state index in [0.29, 0.717) is 4.68 Å². The Kier molecular flexibility index (Phi) is 5.79. The smallest absolute Gasteiger partial charge is 0.434 e. The van der Waals surface area contributed by atoms with Crippen molar-refractivity contribution >= 4 is 23.3 Å². The Morgan fingerprint density at radius 1 is 1.12 bits per heavy atom. The van der Waals surface area contributed by atoms with Gasteiger partial charge >= 0.3 is 6.18 Å². The number of nitrogen functional groups attached to an aromatic ring is 1. The molecule has 0 fully saturated rings. The number of hydrogen-bond donors (Lipinski definition) is 2. The van der Waals surface area contributed by atoms with Gasteiger partial charge in [-0.25, -0.2) is 14.1 Å². The van der Waals surface area contributed by atoms with Crippen LogP contribution in [0.3, 0.4) is 0 Å². The Labute approximate surface area is 193 Å². The Hall–Kier alpha value is -4.26. The fourth-order valence-electron chi connectivity index (χ4n) is 3.06. The second-order valence-electron chi connectivity index (χ2n) is 6.68. The summed E-state index contributed by atoms with van der Waals surface area (Å²) in [6.45, 7) is 0. The molecule has 0 radical (unpaired) electrons. The molecule has 0 bridgehead atoms. The van der Waals surface area contributed by atoms with Gasteiger partial charge in [-0.1, -0.05) is 11.6 Å². The quantitative estimate of drug-likeness (QED) is 0.401. The molecule has 4 rings (SSSR count). The lowest BCUT2D eigenvalue weighted by Crippen LogP contribution is -2.21. The lowest BCUT2D eigenvalue weighted by Gasteiger charge is -2.11. The highest BCUT2D eigenvalue weighted by atomic mass is 35.5. The topological polar surface area (TPSA) is 135 Å². The number of carbonyl (C=O) groups is 1. The van der Waals surface area contributed by atoms with Crippen molar-refractivity contribution in [2.75, 3.05) is 5.73 Å². The van der Waals surface area contributed by atoms with Crippen LogP contribution >= 0.6 is 11.6 Å². The molecule has 4 aromatic rings. The third-order valence-electron chi connectivity index (χ3n) is 4.50. The van der Waals surface area contributed by atoms with Crippen LogP contribution in [0, 0.1) is 5.82 Å². The fourth-order valence-corrected chi connectivity index (χ4v) is 3.20. The van der Waals surface area contributed by atoms with E-state index in [0.717, 1.165) is 18.5 Å². The zero-order valence-corrected chi connectivity index (χ0v) is 17.5. The van der Waals surface area contributed by atoms with E-state index in [4.69, 9.17) is 27.8 Å². The number of aromatic nitrogens is 5. The molecular formula is C20H12ClF4N7O2. The summed E-state index contributed by atoms with van der Waals surface area (Å²) >= 11 is 5.93. The minimum Gasteiger partial charge on any atom is -0.434 e. The Bertz CT molecular complexity index is 1390. The Morgan fingerprint density at radius 2 is 1.82 bits per heavy atom. The zero-order valence-electron chi connectivity index (χ0n) is 16.7. The molecule has 0 unspecified atom stereocenters. The number of amides is 1. The minimum absolute atomic E-state index is 0.0347. The molecule has 0 atom stereocenters. The molecule has 0 aliphatic heterocycles. The van der Waals surface area contributed by atoms with Crippen LogP contribution in [-0.4, -0.2) is 30.6 Å². The summed E-state index contributed by atoms with van der Waals surface area (Å²) in [6.07, 6.45) is -1.47. The molecule has 1 amide bonds. The first kappa shape index (κ1) is 22.9. The van der Waals surface area contributed by atoms with Crippen molar-refractivity contribution in [3.63, 3.8) is 0 Å². The number of rotatable bonds is 5. The standard InChI is InChI=1S/C20H12ClF4N7O2/c21-14-17(26)29-8-30-19(14)34-12-2-1-9(7-11(12)22)15-13(18(27)33)16(20(23,24)25)32(31-15)10-3-5-28-6-4-10/h1-8H,(H2,27,33)(H2,26,29,30). The molecule has 174 valence electrons. The number of ether oxygens (including phenoxy) is 1. The summed E-state index contributed by atoms with van der Waals surface area (Å²) in [5, 5.41) is 3.76. The summed E-state index contributed by atoms with van der Waals surface area (Å²) in [5.41, 5.74) is 7.81. The number of pyridine rings is 1. The van der Waals surface area contributed by atoms with Crippen LogP contribution in [0.1, 0.15) is 16.1 Å². The van der Waals surface area contributed by atoms with Crippen molar-refractivity contribution < 1.29 is 27.1 Å². The van der Waals surface area contributed by atoms with Gasteiger partial charge in [0.15, 0.2) is 17.3 Å². The maximum absolute atomic E-state index is 14.8. The lowest BCUT2D eigenvalue weighted by molar-refractivity contribution is -0.143. The van der Waals surface area contributed by atoms with Crippen LogP contribution < -0.4 is 16.2 Å². The number of nitrogens with zero attached hydrogens (tertiary/aromatic N) is 5. The van der Waals surface area contributed by atoms with Crippen LogP contribution in [0.4, 0.5) is 23.4 Å². The average Bonchev–Trinajstić information content (AvgIpc) is 3.20. The first-order valence-corrected chi connectivity index (χ1v) is 9.60. The number of primary amides is 1. The molecule has 9 nitrogen and oxygen atoms in total. The number of benzene rings is 1. The molecule has 0 saturated carbocycles. The fraction of sp³-hybridized carbons (Fsp3) is 0.0500. The van der Waals surface area contributed by atoms with Gasteiger partial charge in [-0.2, -0.15) is 23.3 Å². The van der Waals surface area contributed by atoms with Gasteiger partial charge in [-0.3, -0.25) is 9.78 Å². The van der Waals surface area contributed by atoms with Crippen LogP contribution in [0.25, 0.3) is 16.9 Å². The zero-order chi connectivity index (χ0) is 24.6. The van der Waals surface area contributed by atoms with Gasteiger partial charge in [0.1, 0.15) is 22.9 Å². The predicted octanol–water partition coefficient (Wildman–Crippen LogP) is 4.01. The SMILES string of the molecule is NC(=O)c1c(-c2ccc(Oc3ncnc(N)c3Cl)c(F)c2)nn(-c2ccncc2)c1C(F)(F)F. The van der Waals surface area contributed by atoms with E-state index >= 15 is 0 Å². The highest BCUT2D eigenvalue weighted by Crippen LogP contribution is 2.39. The largest absolute Gasteiger partial charge is 0.434 e. The first-order chi connectivity index (χ1) is 16.1. The summed E-state index contributed by atoms with van der Waals surface area (Å²) in [7, 11) is 0. The summed E-state index contributed by atoms with van der Waals surface area (Å²) in [6, 6.07) is 5.64. The Morgan fingerprint density at radius 3 is 2.44 bits per heavy atom. The van der Waals surface area contributed by atoms with Gasteiger partial charge in [0, 0.05) is 18.0 Å². The maximum Gasteiger partial charge on any atom is 0.434 e. The number of anilines is 1. The monoisotopic (exact) mass is 493 g/mol. The highest BCUT2D eigenvalue weighted by Gasteiger charge is 2.42. The molecule has 0 spiro atoms. The number of carbonyl (C=O) groups excluding carboxylic acids is 1. The van der Waals surface area contributed by atoms with E-state index in [1.54, 1.807) is 0 Å². The molecule has 3 aromatic heterocycles.